The number of nitrogens with zero attached hydrogens (tertiary/aromatic N) is 2. The van der Waals surface area contributed by atoms with Crippen molar-refractivity contribution in [2.75, 3.05) is 32.7 Å². The molecule has 2 aliphatic heterocycles. The van der Waals surface area contributed by atoms with E-state index in [2.05, 4.69) is 20.8 Å². The lowest BCUT2D eigenvalue weighted by Gasteiger charge is -2.32. The lowest BCUT2D eigenvalue weighted by Crippen LogP contribution is -2.44. The van der Waals surface area contributed by atoms with Crippen LogP contribution in [-0.4, -0.2) is 53.9 Å². The number of hydrogen-bond donors (Lipinski definition) is 3. The second-order valence-corrected chi connectivity index (χ2v) is 6.53. The fraction of sp³-hybridized carbons (Fsp3) is 0.750. The number of likely N-dealkylation sites (tertiary alicyclic amines) is 1. The summed E-state index contributed by atoms with van der Waals surface area (Å²) in [5.74, 6) is 1.26. The Labute approximate surface area is 132 Å². The molecule has 2 saturated heterocycles. The highest BCUT2D eigenvalue weighted by atomic mass is 16.2. The Bertz CT molecular complexity index is 447. The van der Waals surface area contributed by atoms with Gasteiger partial charge in [0.1, 0.15) is 0 Å². The summed E-state index contributed by atoms with van der Waals surface area (Å²) in [6.45, 7) is 4.73. The number of piperidine rings is 2. The van der Waals surface area contributed by atoms with E-state index in [4.69, 9.17) is 0 Å². The summed E-state index contributed by atoms with van der Waals surface area (Å²) >= 11 is 0. The standard InChI is InChI=1S/C16H27N5O/c22-16(18-7-3-13-2-1-6-17-10-13)21-8-4-14(5-9-21)15-11-19-20-12-15/h11-14,17H,1-10H2,(H,18,22)(H,19,20). The molecule has 0 aromatic carbocycles. The molecule has 22 heavy (non-hydrogen) atoms. The van der Waals surface area contributed by atoms with Crippen molar-refractivity contribution in [2.24, 2.45) is 5.92 Å². The van der Waals surface area contributed by atoms with Crippen LogP contribution in [-0.2, 0) is 0 Å². The number of carbonyl (C=O) groups excluding carboxylic acids is 1. The Morgan fingerprint density at radius 3 is 2.91 bits per heavy atom. The van der Waals surface area contributed by atoms with Crippen molar-refractivity contribution in [3.05, 3.63) is 18.0 Å². The molecule has 1 atom stereocenters. The quantitative estimate of drug-likeness (QED) is 0.792. The third-order valence-electron chi connectivity index (χ3n) is 5.00. The first-order valence-electron chi connectivity index (χ1n) is 8.55. The van der Waals surface area contributed by atoms with E-state index in [-0.39, 0.29) is 6.03 Å². The van der Waals surface area contributed by atoms with Gasteiger partial charge < -0.3 is 15.5 Å². The SMILES string of the molecule is O=C(NCCC1CCCNC1)N1CCC(c2cn[nH]c2)CC1. The minimum Gasteiger partial charge on any atom is -0.338 e. The molecule has 2 aliphatic rings. The van der Waals surface area contributed by atoms with Crippen LogP contribution in [0, 0.1) is 5.92 Å². The van der Waals surface area contributed by atoms with Crippen molar-refractivity contribution in [3.63, 3.8) is 0 Å². The number of carbonyl (C=O) groups is 1. The maximum atomic E-state index is 12.2. The topological polar surface area (TPSA) is 73.1 Å². The van der Waals surface area contributed by atoms with Crippen LogP contribution in [0.3, 0.4) is 0 Å². The maximum absolute atomic E-state index is 12.2. The van der Waals surface area contributed by atoms with Crippen LogP contribution in [0.5, 0.6) is 0 Å². The van der Waals surface area contributed by atoms with E-state index < -0.39 is 0 Å². The van der Waals surface area contributed by atoms with Gasteiger partial charge in [-0.25, -0.2) is 4.79 Å². The number of aromatic nitrogens is 2. The zero-order chi connectivity index (χ0) is 15.2. The first-order valence-corrected chi connectivity index (χ1v) is 8.55. The van der Waals surface area contributed by atoms with Crippen molar-refractivity contribution in [1.29, 1.82) is 0 Å². The summed E-state index contributed by atoms with van der Waals surface area (Å²) in [5.41, 5.74) is 1.27. The van der Waals surface area contributed by atoms with E-state index in [0.717, 1.165) is 57.9 Å². The summed E-state index contributed by atoms with van der Waals surface area (Å²) in [4.78, 5) is 14.2. The van der Waals surface area contributed by atoms with Gasteiger partial charge >= 0.3 is 6.03 Å². The van der Waals surface area contributed by atoms with Crippen molar-refractivity contribution in [1.82, 2.24) is 25.7 Å². The fourth-order valence-corrected chi connectivity index (χ4v) is 3.57. The van der Waals surface area contributed by atoms with Gasteiger partial charge in [-0.2, -0.15) is 5.10 Å². The zero-order valence-corrected chi connectivity index (χ0v) is 13.2. The first kappa shape index (κ1) is 15.3. The molecule has 3 N–H and O–H groups in total. The second kappa shape index (κ2) is 7.63. The summed E-state index contributed by atoms with van der Waals surface area (Å²) in [5, 5.41) is 13.4. The van der Waals surface area contributed by atoms with Crippen LogP contribution in [0.4, 0.5) is 4.79 Å². The Morgan fingerprint density at radius 1 is 1.36 bits per heavy atom. The third-order valence-corrected chi connectivity index (χ3v) is 5.00. The summed E-state index contributed by atoms with van der Waals surface area (Å²) in [7, 11) is 0. The van der Waals surface area contributed by atoms with Gasteiger partial charge in [0.25, 0.3) is 0 Å². The lowest BCUT2D eigenvalue weighted by atomic mass is 9.92. The average molecular weight is 305 g/mol. The van der Waals surface area contributed by atoms with Crippen LogP contribution in [0.25, 0.3) is 0 Å². The molecular weight excluding hydrogens is 278 g/mol. The van der Waals surface area contributed by atoms with Crippen molar-refractivity contribution >= 4 is 6.03 Å². The molecule has 3 rings (SSSR count). The Kier molecular flexibility index (Phi) is 5.32. The average Bonchev–Trinajstić information content (AvgIpc) is 3.10. The molecule has 0 aliphatic carbocycles. The number of hydrogen-bond acceptors (Lipinski definition) is 3. The molecule has 1 aromatic rings. The van der Waals surface area contributed by atoms with Gasteiger partial charge in [-0.1, -0.05) is 0 Å². The van der Waals surface area contributed by atoms with Crippen molar-refractivity contribution in [2.45, 2.75) is 38.0 Å². The minimum atomic E-state index is 0.106. The van der Waals surface area contributed by atoms with Gasteiger partial charge in [-0.05, 0) is 62.6 Å². The molecule has 0 spiro atoms. The molecule has 0 bridgehead atoms. The van der Waals surface area contributed by atoms with E-state index in [1.165, 1.54) is 18.4 Å². The van der Waals surface area contributed by atoms with E-state index >= 15 is 0 Å². The highest BCUT2D eigenvalue weighted by Crippen LogP contribution is 2.27. The summed E-state index contributed by atoms with van der Waals surface area (Å²) < 4.78 is 0. The molecule has 3 heterocycles. The fourth-order valence-electron chi connectivity index (χ4n) is 3.57. The van der Waals surface area contributed by atoms with Gasteiger partial charge in [-0.15, -0.1) is 0 Å². The van der Waals surface area contributed by atoms with Crippen LogP contribution < -0.4 is 10.6 Å². The molecule has 6 heteroatoms. The second-order valence-electron chi connectivity index (χ2n) is 6.53. The number of aromatic amines is 1. The number of rotatable bonds is 4. The van der Waals surface area contributed by atoms with Crippen LogP contribution in [0.2, 0.25) is 0 Å². The Morgan fingerprint density at radius 2 is 2.23 bits per heavy atom. The van der Waals surface area contributed by atoms with E-state index in [1.807, 2.05) is 17.3 Å². The lowest BCUT2D eigenvalue weighted by molar-refractivity contribution is 0.180. The summed E-state index contributed by atoms with van der Waals surface area (Å²) in [6, 6.07) is 0.106. The molecule has 6 nitrogen and oxygen atoms in total. The molecule has 1 unspecified atom stereocenters. The van der Waals surface area contributed by atoms with Gasteiger partial charge in [0.05, 0.1) is 6.20 Å². The van der Waals surface area contributed by atoms with E-state index in [1.54, 1.807) is 0 Å². The number of nitrogens with one attached hydrogen (secondary N) is 3. The molecule has 122 valence electrons. The van der Waals surface area contributed by atoms with Gasteiger partial charge in [0, 0.05) is 25.8 Å². The highest BCUT2D eigenvalue weighted by Gasteiger charge is 2.24. The number of amides is 2. The largest absolute Gasteiger partial charge is 0.338 e. The van der Waals surface area contributed by atoms with E-state index in [9.17, 15) is 4.79 Å². The molecule has 2 fully saturated rings. The van der Waals surface area contributed by atoms with Crippen LogP contribution in [0.1, 0.15) is 43.6 Å². The Balaban J connectivity index is 1.35. The number of H-pyrrole nitrogens is 1. The molecule has 1 aromatic heterocycles. The monoisotopic (exact) mass is 305 g/mol. The van der Waals surface area contributed by atoms with Crippen LogP contribution in [0.15, 0.2) is 12.4 Å². The third kappa shape index (κ3) is 4.00. The molecule has 2 amide bonds. The highest BCUT2D eigenvalue weighted by molar-refractivity contribution is 5.74. The van der Waals surface area contributed by atoms with E-state index in [0.29, 0.717) is 5.92 Å². The van der Waals surface area contributed by atoms with Crippen LogP contribution >= 0.6 is 0 Å². The predicted octanol–water partition coefficient (Wildman–Crippen LogP) is 1.69. The van der Waals surface area contributed by atoms with Gasteiger partial charge in [0.15, 0.2) is 0 Å². The Hall–Kier alpha value is -1.56. The first-order chi connectivity index (χ1) is 10.8. The molecule has 0 saturated carbocycles. The smallest absolute Gasteiger partial charge is 0.317 e. The van der Waals surface area contributed by atoms with Crippen molar-refractivity contribution in [3.8, 4) is 0 Å². The normalized spacial score (nSPS) is 23.5. The molecular formula is C16H27N5O. The van der Waals surface area contributed by atoms with Gasteiger partial charge in [-0.3, -0.25) is 5.10 Å². The maximum Gasteiger partial charge on any atom is 0.317 e. The van der Waals surface area contributed by atoms with Gasteiger partial charge in [0.2, 0.25) is 0 Å². The minimum absolute atomic E-state index is 0.106. The number of urea groups is 1. The predicted molar refractivity (Wildman–Crippen MR) is 85.7 cm³/mol. The van der Waals surface area contributed by atoms with Crippen molar-refractivity contribution < 1.29 is 4.79 Å². The zero-order valence-electron chi connectivity index (χ0n) is 13.2. The summed E-state index contributed by atoms with van der Waals surface area (Å²) in [6.07, 6.45) is 9.57. The molecule has 0 radical (unpaired) electrons.